The van der Waals surface area contributed by atoms with Crippen molar-refractivity contribution in [2.45, 2.75) is 44.9 Å². The predicted octanol–water partition coefficient (Wildman–Crippen LogP) is 1.80. The molecule has 2 saturated carbocycles. The lowest BCUT2D eigenvalue weighted by Crippen LogP contribution is -2.34. The van der Waals surface area contributed by atoms with Crippen LogP contribution in [0.15, 0.2) is 0 Å². The number of carbonyl (C=O) groups is 1. The highest BCUT2D eigenvalue weighted by molar-refractivity contribution is 5.76. The van der Waals surface area contributed by atoms with Crippen molar-refractivity contribution in [3.05, 3.63) is 0 Å². The standard InChI is InChI=1S/C13H23NO2/c15-8-2-1-3-13(16)14(9-11-4-5-11)10-12-6-7-12/h11-12,15H,1-10H2. The van der Waals surface area contributed by atoms with E-state index in [9.17, 15) is 4.79 Å². The molecule has 0 atom stereocenters. The van der Waals surface area contributed by atoms with Crippen molar-refractivity contribution in [2.75, 3.05) is 19.7 Å². The molecule has 0 aliphatic heterocycles. The second kappa shape index (κ2) is 5.67. The maximum absolute atomic E-state index is 12.0. The molecule has 2 fully saturated rings. The van der Waals surface area contributed by atoms with Gasteiger partial charge in [-0.25, -0.2) is 0 Å². The summed E-state index contributed by atoms with van der Waals surface area (Å²) in [6.45, 7) is 2.20. The summed E-state index contributed by atoms with van der Waals surface area (Å²) in [5.41, 5.74) is 0. The minimum atomic E-state index is 0.207. The van der Waals surface area contributed by atoms with Crippen molar-refractivity contribution in [1.82, 2.24) is 4.90 Å². The van der Waals surface area contributed by atoms with E-state index in [0.717, 1.165) is 37.8 Å². The van der Waals surface area contributed by atoms with Crippen LogP contribution in [0, 0.1) is 11.8 Å². The van der Waals surface area contributed by atoms with E-state index in [0.29, 0.717) is 12.3 Å². The largest absolute Gasteiger partial charge is 0.396 e. The Morgan fingerprint density at radius 2 is 1.62 bits per heavy atom. The number of aliphatic hydroxyl groups is 1. The van der Waals surface area contributed by atoms with Crippen molar-refractivity contribution < 1.29 is 9.90 Å². The van der Waals surface area contributed by atoms with E-state index in [1.54, 1.807) is 0 Å². The molecule has 2 rings (SSSR count). The van der Waals surface area contributed by atoms with E-state index in [1.165, 1.54) is 25.7 Å². The molecule has 0 radical (unpaired) electrons. The summed E-state index contributed by atoms with van der Waals surface area (Å²) in [5.74, 6) is 1.90. The third kappa shape index (κ3) is 4.12. The Balaban J connectivity index is 1.71. The van der Waals surface area contributed by atoms with Crippen LogP contribution in [-0.2, 0) is 4.79 Å². The van der Waals surface area contributed by atoms with Crippen LogP contribution < -0.4 is 0 Å². The van der Waals surface area contributed by atoms with Gasteiger partial charge in [0.05, 0.1) is 0 Å². The fraction of sp³-hybridized carbons (Fsp3) is 0.923. The molecule has 1 N–H and O–H groups in total. The van der Waals surface area contributed by atoms with E-state index in [4.69, 9.17) is 5.11 Å². The third-order valence-electron chi connectivity index (χ3n) is 3.50. The molecule has 3 nitrogen and oxygen atoms in total. The maximum atomic E-state index is 12.0. The normalized spacial score (nSPS) is 19.8. The van der Waals surface area contributed by atoms with Crippen molar-refractivity contribution in [3.63, 3.8) is 0 Å². The van der Waals surface area contributed by atoms with Crippen molar-refractivity contribution in [3.8, 4) is 0 Å². The first-order valence-corrected chi connectivity index (χ1v) is 6.68. The first-order valence-electron chi connectivity index (χ1n) is 6.68. The molecule has 0 spiro atoms. The van der Waals surface area contributed by atoms with Crippen molar-refractivity contribution >= 4 is 5.91 Å². The average Bonchev–Trinajstić information content (AvgIpc) is 3.11. The number of amides is 1. The number of carbonyl (C=O) groups excluding carboxylic acids is 1. The van der Waals surface area contributed by atoms with E-state index in [-0.39, 0.29) is 6.61 Å². The van der Waals surface area contributed by atoms with Crippen LogP contribution in [-0.4, -0.2) is 35.6 Å². The summed E-state index contributed by atoms with van der Waals surface area (Å²) in [7, 11) is 0. The number of hydrogen-bond acceptors (Lipinski definition) is 2. The van der Waals surface area contributed by atoms with Crippen LogP contribution in [0.5, 0.6) is 0 Å². The van der Waals surface area contributed by atoms with Crippen LogP contribution in [0.1, 0.15) is 44.9 Å². The molecule has 0 aromatic carbocycles. The zero-order valence-electron chi connectivity index (χ0n) is 10.0. The van der Waals surface area contributed by atoms with Crippen LogP contribution in [0.2, 0.25) is 0 Å². The molecule has 0 aromatic rings. The summed E-state index contributed by atoms with van der Waals surface area (Å²) >= 11 is 0. The minimum Gasteiger partial charge on any atom is -0.396 e. The van der Waals surface area contributed by atoms with Gasteiger partial charge < -0.3 is 10.0 Å². The Bertz CT molecular complexity index is 220. The minimum absolute atomic E-state index is 0.207. The molecule has 0 aromatic heterocycles. The van der Waals surface area contributed by atoms with Crippen LogP contribution in [0.3, 0.4) is 0 Å². The Kier molecular flexibility index (Phi) is 4.22. The van der Waals surface area contributed by atoms with Gasteiger partial charge in [-0.1, -0.05) is 0 Å². The molecule has 2 aliphatic carbocycles. The van der Waals surface area contributed by atoms with E-state index in [1.807, 2.05) is 0 Å². The maximum Gasteiger partial charge on any atom is 0.222 e. The van der Waals surface area contributed by atoms with Crippen molar-refractivity contribution in [1.29, 1.82) is 0 Å². The van der Waals surface area contributed by atoms with Gasteiger partial charge in [0.1, 0.15) is 0 Å². The smallest absolute Gasteiger partial charge is 0.222 e. The quantitative estimate of drug-likeness (QED) is 0.640. The number of unbranched alkanes of at least 4 members (excludes halogenated alkanes) is 1. The zero-order valence-corrected chi connectivity index (χ0v) is 10.0. The number of hydrogen-bond donors (Lipinski definition) is 1. The summed E-state index contributed by atoms with van der Waals surface area (Å²) in [6, 6.07) is 0. The lowest BCUT2D eigenvalue weighted by atomic mass is 10.2. The molecule has 3 heteroatoms. The van der Waals surface area contributed by atoms with Gasteiger partial charge in [-0.2, -0.15) is 0 Å². The highest BCUT2D eigenvalue weighted by Gasteiger charge is 2.31. The lowest BCUT2D eigenvalue weighted by Gasteiger charge is -2.22. The molecule has 0 unspecified atom stereocenters. The Morgan fingerprint density at radius 3 is 2.06 bits per heavy atom. The van der Waals surface area contributed by atoms with E-state index < -0.39 is 0 Å². The Labute approximate surface area is 97.8 Å². The Morgan fingerprint density at radius 1 is 1.06 bits per heavy atom. The molecule has 0 bridgehead atoms. The summed E-state index contributed by atoms with van der Waals surface area (Å²) < 4.78 is 0. The SMILES string of the molecule is O=C(CCCCO)N(CC1CC1)CC1CC1. The monoisotopic (exact) mass is 225 g/mol. The van der Waals surface area contributed by atoms with Gasteiger partial charge in [-0.15, -0.1) is 0 Å². The van der Waals surface area contributed by atoms with Gasteiger partial charge in [-0.3, -0.25) is 4.79 Å². The van der Waals surface area contributed by atoms with Crippen LogP contribution >= 0.6 is 0 Å². The summed E-state index contributed by atoms with van der Waals surface area (Å²) in [6.07, 6.45) is 7.46. The van der Waals surface area contributed by atoms with E-state index in [2.05, 4.69) is 4.90 Å². The molecule has 0 saturated heterocycles. The topological polar surface area (TPSA) is 40.5 Å². The lowest BCUT2D eigenvalue weighted by molar-refractivity contribution is -0.131. The van der Waals surface area contributed by atoms with Gasteiger partial charge >= 0.3 is 0 Å². The first kappa shape index (κ1) is 11.9. The predicted molar refractivity (Wildman–Crippen MR) is 63.0 cm³/mol. The van der Waals surface area contributed by atoms with Gasteiger partial charge in [0.15, 0.2) is 0 Å². The summed E-state index contributed by atoms with van der Waals surface area (Å²) in [4.78, 5) is 14.1. The Hall–Kier alpha value is -0.570. The number of rotatable bonds is 8. The highest BCUT2D eigenvalue weighted by atomic mass is 16.3. The van der Waals surface area contributed by atoms with Gasteiger partial charge in [0, 0.05) is 26.1 Å². The first-order chi connectivity index (χ1) is 7.79. The molecule has 1 amide bonds. The number of aliphatic hydroxyl groups excluding tert-OH is 1. The fourth-order valence-corrected chi connectivity index (χ4v) is 2.05. The number of nitrogens with zero attached hydrogens (tertiary/aromatic N) is 1. The molecule has 2 aliphatic rings. The van der Waals surface area contributed by atoms with Crippen LogP contribution in [0.25, 0.3) is 0 Å². The van der Waals surface area contributed by atoms with Crippen LogP contribution in [0.4, 0.5) is 0 Å². The van der Waals surface area contributed by atoms with Gasteiger partial charge in [0.25, 0.3) is 0 Å². The molecule has 92 valence electrons. The molecular weight excluding hydrogens is 202 g/mol. The molecule has 16 heavy (non-hydrogen) atoms. The fourth-order valence-electron chi connectivity index (χ4n) is 2.05. The van der Waals surface area contributed by atoms with Crippen molar-refractivity contribution in [2.24, 2.45) is 11.8 Å². The molecular formula is C13H23NO2. The third-order valence-corrected chi connectivity index (χ3v) is 3.50. The highest BCUT2D eigenvalue weighted by Crippen LogP contribution is 2.34. The second-order valence-corrected chi connectivity index (χ2v) is 5.37. The van der Waals surface area contributed by atoms with E-state index >= 15 is 0 Å². The zero-order chi connectivity index (χ0) is 11.4. The summed E-state index contributed by atoms with van der Waals surface area (Å²) in [5, 5.41) is 8.70. The van der Waals surface area contributed by atoms with Gasteiger partial charge in [0.2, 0.25) is 5.91 Å². The average molecular weight is 225 g/mol. The molecule has 0 heterocycles. The second-order valence-electron chi connectivity index (χ2n) is 5.37. The van der Waals surface area contributed by atoms with Gasteiger partial charge in [-0.05, 0) is 50.4 Å².